The van der Waals surface area contributed by atoms with Crippen LogP contribution < -0.4 is 5.32 Å². The lowest BCUT2D eigenvalue weighted by Gasteiger charge is -2.21. The molecule has 2 heterocycles. The van der Waals surface area contributed by atoms with Crippen LogP contribution in [0.3, 0.4) is 0 Å². The van der Waals surface area contributed by atoms with Crippen molar-refractivity contribution in [1.82, 2.24) is 10.2 Å². The van der Waals surface area contributed by atoms with Crippen LogP contribution in [0.25, 0.3) is 0 Å². The maximum Gasteiger partial charge on any atom is 0.0232 e. The first-order chi connectivity index (χ1) is 4.97. The third-order valence-corrected chi connectivity index (χ3v) is 2.69. The van der Waals surface area contributed by atoms with Crippen LogP contribution >= 0.6 is 12.4 Å². The second-order valence-corrected chi connectivity index (χ2v) is 3.39. The van der Waals surface area contributed by atoms with Crippen LogP contribution in [0.5, 0.6) is 0 Å². The van der Waals surface area contributed by atoms with Gasteiger partial charge in [0.2, 0.25) is 0 Å². The fraction of sp³-hybridized carbons (Fsp3) is 1.00. The molecule has 0 radical (unpaired) electrons. The zero-order chi connectivity index (χ0) is 6.81. The van der Waals surface area contributed by atoms with Crippen LogP contribution in [0, 0.1) is 0 Å². The first-order valence-electron chi connectivity index (χ1n) is 4.41. The lowest BCUT2D eigenvalue weighted by atomic mass is 10.2. The normalized spacial score (nSPS) is 32.2. The predicted octanol–water partition coefficient (Wildman–Crippen LogP) is 0.866. The van der Waals surface area contributed by atoms with Gasteiger partial charge in [-0.25, -0.2) is 0 Å². The van der Waals surface area contributed by atoms with E-state index < -0.39 is 0 Å². The molecule has 0 unspecified atom stereocenters. The van der Waals surface area contributed by atoms with Crippen LogP contribution in [0.4, 0.5) is 0 Å². The van der Waals surface area contributed by atoms with E-state index in [1.807, 2.05) is 0 Å². The van der Waals surface area contributed by atoms with E-state index in [-0.39, 0.29) is 12.4 Å². The SMILES string of the molecule is C1CCN([C@H]2CCNC2)C1.Cl. The molecule has 0 aliphatic carbocycles. The molecule has 11 heavy (non-hydrogen) atoms. The van der Waals surface area contributed by atoms with Gasteiger partial charge in [0.25, 0.3) is 0 Å². The Morgan fingerprint density at radius 3 is 2.45 bits per heavy atom. The van der Waals surface area contributed by atoms with Crippen molar-refractivity contribution in [3.63, 3.8) is 0 Å². The van der Waals surface area contributed by atoms with Crippen molar-refractivity contribution in [2.24, 2.45) is 0 Å². The van der Waals surface area contributed by atoms with Gasteiger partial charge in [0.15, 0.2) is 0 Å². The molecule has 2 aliphatic rings. The molecular formula is C8H17ClN2. The molecule has 0 aromatic rings. The lowest BCUT2D eigenvalue weighted by Crippen LogP contribution is -2.34. The molecule has 0 aromatic carbocycles. The summed E-state index contributed by atoms with van der Waals surface area (Å²) >= 11 is 0. The van der Waals surface area contributed by atoms with Gasteiger partial charge in [-0.3, -0.25) is 4.90 Å². The predicted molar refractivity (Wildman–Crippen MR) is 49.3 cm³/mol. The number of hydrogen-bond acceptors (Lipinski definition) is 2. The molecule has 1 atom stereocenters. The number of halogens is 1. The first-order valence-corrected chi connectivity index (χ1v) is 4.41. The molecule has 0 amide bonds. The molecule has 0 spiro atoms. The van der Waals surface area contributed by atoms with Crippen molar-refractivity contribution in [2.75, 3.05) is 26.2 Å². The van der Waals surface area contributed by atoms with Gasteiger partial charge in [0.1, 0.15) is 0 Å². The highest BCUT2D eigenvalue weighted by Gasteiger charge is 2.23. The molecule has 2 aliphatic heterocycles. The van der Waals surface area contributed by atoms with E-state index in [0.29, 0.717) is 0 Å². The van der Waals surface area contributed by atoms with Crippen LogP contribution in [0.1, 0.15) is 19.3 Å². The standard InChI is InChI=1S/C8H16N2.ClH/c1-2-6-10(5-1)8-3-4-9-7-8;/h8-9H,1-7H2;1H/t8-;/m0./s1. The molecule has 2 rings (SSSR count). The van der Waals surface area contributed by atoms with Crippen LogP contribution in [0.2, 0.25) is 0 Å². The second kappa shape index (κ2) is 4.29. The smallest absolute Gasteiger partial charge is 0.0232 e. The average Bonchev–Trinajstić information content (AvgIpc) is 2.59. The zero-order valence-corrected chi connectivity index (χ0v) is 7.70. The Kier molecular flexibility index (Phi) is 3.63. The van der Waals surface area contributed by atoms with Crippen molar-refractivity contribution >= 4 is 12.4 Å². The summed E-state index contributed by atoms with van der Waals surface area (Å²) < 4.78 is 0. The molecule has 2 fully saturated rings. The number of nitrogens with one attached hydrogen (secondary N) is 1. The van der Waals surface area contributed by atoms with Gasteiger partial charge in [-0.2, -0.15) is 0 Å². The van der Waals surface area contributed by atoms with E-state index in [9.17, 15) is 0 Å². The Hall–Kier alpha value is 0.210. The summed E-state index contributed by atoms with van der Waals surface area (Å²) in [6.45, 7) is 5.18. The van der Waals surface area contributed by atoms with Gasteiger partial charge in [-0.05, 0) is 38.9 Å². The number of likely N-dealkylation sites (tertiary alicyclic amines) is 1. The molecule has 66 valence electrons. The van der Waals surface area contributed by atoms with Crippen molar-refractivity contribution in [1.29, 1.82) is 0 Å². The van der Waals surface area contributed by atoms with Gasteiger partial charge in [0, 0.05) is 12.6 Å². The summed E-state index contributed by atoms with van der Waals surface area (Å²) in [4.78, 5) is 2.64. The molecular weight excluding hydrogens is 160 g/mol. The second-order valence-electron chi connectivity index (χ2n) is 3.39. The van der Waals surface area contributed by atoms with E-state index in [1.54, 1.807) is 0 Å². The van der Waals surface area contributed by atoms with Crippen LogP contribution in [-0.2, 0) is 0 Å². The number of hydrogen-bond donors (Lipinski definition) is 1. The van der Waals surface area contributed by atoms with Crippen LogP contribution in [0.15, 0.2) is 0 Å². The van der Waals surface area contributed by atoms with Gasteiger partial charge in [0.05, 0.1) is 0 Å². The topological polar surface area (TPSA) is 15.3 Å². The van der Waals surface area contributed by atoms with E-state index in [2.05, 4.69) is 10.2 Å². The fourth-order valence-electron chi connectivity index (χ4n) is 2.06. The summed E-state index contributed by atoms with van der Waals surface area (Å²) in [6, 6.07) is 0.877. The third-order valence-electron chi connectivity index (χ3n) is 2.69. The minimum absolute atomic E-state index is 0. The van der Waals surface area contributed by atoms with Crippen molar-refractivity contribution in [3.05, 3.63) is 0 Å². The van der Waals surface area contributed by atoms with Gasteiger partial charge in [-0.1, -0.05) is 0 Å². The summed E-state index contributed by atoms with van der Waals surface area (Å²) in [5.74, 6) is 0. The van der Waals surface area contributed by atoms with Gasteiger partial charge in [-0.15, -0.1) is 12.4 Å². The molecule has 2 nitrogen and oxygen atoms in total. The number of rotatable bonds is 1. The molecule has 0 saturated carbocycles. The Balaban J connectivity index is 0.000000605. The van der Waals surface area contributed by atoms with Gasteiger partial charge >= 0.3 is 0 Å². The summed E-state index contributed by atoms with van der Waals surface area (Å²) in [7, 11) is 0. The lowest BCUT2D eigenvalue weighted by molar-refractivity contribution is 0.258. The quantitative estimate of drug-likeness (QED) is 0.638. The van der Waals surface area contributed by atoms with E-state index in [1.165, 1.54) is 45.4 Å². The highest BCUT2D eigenvalue weighted by atomic mass is 35.5. The van der Waals surface area contributed by atoms with E-state index in [0.717, 1.165) is 6.04 Å². The van der Waals surface area contributed by atoms with E-state index in [4.69, 9.17) is 0 Å². The Bertz CT molecular complexity index is 92.7. The monoisotopic (exact) mass is 176 g/mol. The maximum atomic E-state index is 3.41. The van der Waals surface area contributed by atoms with E-state index >= 15 is 0 Å². The Morgan fingerprint density at radius 2 is 1.91 bits per heavy atom. The average molecular weight is 177 g/mol. The molecule has 2 saturated heterocycles. The summed E-state index contributed by atoms with van der Waals surface area (Å²) in [5, 5.41) is 3.41. The highest BCUT2D eigenvalue weighted by molar-refractivity contribution is 5.85. The highest BCUT2D eigenvalue weighted by Crippen LogP contribution is 2.15. The zero-order valence-electron chi connectivity index (χ0n) is 6.88. The van der Waals surface area contributed by atoms with Crippen molar-refractivity contribution in [3.8, 4) is 0 Å². The maximum absolute atomic E-state index is 3.41. The summed E-state index contributed by atoms with van der Waals surface area (Å²) in [6.07, 6.45) is 4.23. The molecule has 0 bridgehead atoms. The van der Waals surface area contributed by atoms with Gasteiger partial charge < -0.3 is 5.32 Å². The van der Waals surface area contributed by atoms with Crippen molar-refractivity contribution in [2.45, 2.75) is 25.3 Å². The Labute approximate surface area is 74.7 Å². The minimum atomic E-state index is 0. The largest absolute Gasteiger partial charge is 0.315 e. The number of nitrogens with zero attached hydrogens (tertiary/aromatic N) is 1. The minimum Gasteiger partial charge on any atom is -0.315 e. The fourth-order valence-corrected chi connectivity index (χ4v) is 2.06. The summed E-state index contributed by atoms with van der Waals surface area (Å²) in [5.41, 5.74) is 0. The van der Waals surface area contributed by atoms with Crippen molar-refractivity contribution < 1.29 is 0 Å². The molecule has 3 heteroatoms. The van der Waals surface area contributed by atoms with Crippen LogP contribution in [-0.4, -0.2) is 37.1 Å². The molecule has 1 N–H and O–H groups in total. The Morgan fingerprint density at radius 1 is 1.18 bits per heavy atom. The first kappa shape index (κ1) is 9.30. The molecule has 0 aromatic heterocycles. The third kappa shape index (κ3) is 2.08.